The number of aromatic nitrogens is 2. The molecule has 1 saturated heterocycles. The number of amides is 1. The fraction of sp³-hybridized carbons (Fsp3) is 0.292. The first-order chi connectivity index (χ1) is 16.2. The maximum absolute atomic E-state index is 13.6. The molecule has 10 heteroatoms. The number of hydrogen-bond acceptors (Lipinski definition) is 6. The van der Waals surface area contributed by atoms with Crippen LogP contribution in [-0.2, 0) is 22.1 Å². The molecule has 0 bridgehead atoms. The summed E-state index contributed by atoms with van der Waals surface area (Å²) in [4.78, 5) is 23.9. The Bertz CT molecular complexity index is 1300. The smallest absolute Gasteiger partial charge is 0.274 e. The highest BCUT2D eigenvalue weighted by atomic mass is 35.5. The minimum atomic E-state index is -3.20. The molecule has 0 saturated carbocycles. The minimum absolute atomic E-state index is 0.0527. The average Bonchev–Trinajstić information content (AvgIpc) is 3.17. The van der Waals surface area contributed by atoms with Crippen molar-refractivity contribution < 1.29 is 13.2 Å². The highest BCUT2D eigenvalue weighted by Gasteiger charge is 2.36. The van der Waals surface area contributed by atoms with Crippen molar-refractivity contribution in [3.8, 4) is 0 Å². The Labute approximate surface area is 213 Å². The molecule has 0 N–H and O–H groups in total. The molecule has 3 aromatic rings. The standard InChI is InChI=1S/C24H23Cl2N3O3S2/c1-16-3-2-4-18(11-16)14-33-24-27-12-21(26)22(28-24)23(30)29(20-9-10-34(31,32)15-20)13-17-5-7-19(25)8-6-17/h2-8,11-12,20H,9-10,13-15H2,1H3. The second kappa shape index (κ2) is 10.6. The second-order valence-electron chi connectivity index (χ2n) is 8.24. The van der Waals surface area contributed by atoms with E-state index < -0.39 is 21.8 Å². The van der Waals surface area contributed by atoms with Crippen molar-refractivity contribution in [2.75, 3.05) is 11.5 Å². The van der Waals surface area contributed by atoms with Crippen LogP contribution in [0, 0.1) is 6.92 Å². The molecule has 2 aromatic carbocycles. The van der Waals surface area contributed by atoms with Gasteiger partial charge in [0.1, 0.15) is 0 Å². The summed E-state index contributed by atoms with van der Waals surface area (Å²) in [6.07, 6.45) is 1.80. The fourth-order valence-corrected chi connectivity index (χ4v) is 6.62. The van der Waals surface area contributed by atoms with Gasteiger partial charge in [0, 0.05) is 23.4 Å². The predicted molar refractivity (Wildman–Crippen MR) is 136 cm³/mol. The SMILES string of the molecule is Cc1cccc(CSc2ncc(Cl)c(C(=O)N(Cc3ccc(Cl)cc3)C3CCS(=O)(=O)C3)n2)c1. The van der Waals surface area contributed by atoms with E-state index in [2.05, 4.69) is 16.0 Å². The quantitative estimate of drug-likeness (QED) is 0.305. The number of hydrogen-bond donors (Lipinski definition) is 0. The number of benzene rings is 2. The Kier molecular flexibility index (Phi) is 7.82. The Morgan fingerprint density at radius 2 is 1.91 bits per heavy atom. The van der Waals surface area contributed by atoms with Gasteiger partial charge in [-0.25, -0.2) is 18.4 Å². The lowest BCUT2D eigenvalue weighted by atomic mass is 10.1. The van der Waals surface area contributed by atoms with Gasteiger partial charge in [-0.05, 0) is 36.6 Å². The molecular weight excluding hydrogens is 513 g/mol. The van der Waals surface area contributed by atoms with Gasteiger partial charge in [-0.2, -0.15) is 0 Å². The van der Waals surface area contributed by atoms with Crippen LogP contribution in [-0.4, -0.2) is 46.7 Å². The van der Waals surface area contributed by atoms with Crippen molar-refractivity contribution in [3.05, 3.63) is 87.2 Å². The summed E-state index contributed by atoms with van der Waals surface area (Å²) in [5.74, 6) is 0.204. The molecule has 0 spiro atoms. The van der Waals surface area contributed by atoms with Crippen LogP contribution in [0.2, 0.25) is 10.0 Å². The molecule has 0 radical (unpaired) electrons. The first-order valence-corrected chi connectivity index (χ1v) is 14.2. The number of rotatable bonds is 7. The third-order valence-corrected chi connectivity index (χ3v) is 8.76. The molecule has 1 aromatic heterocycles. The normalized spacial score (nSPS) is 17.0. The number of sulfone groups is 1. The number of aryl methyl sites for hydroxylation is 1. The van der Waals surface area contributed by atoms with E-state index in [0.717, 1.165) is 16.7 Å². The van der Waals surface area contributed by atoms with Crippen LogP contribution in [0.1, 0.15) is 33.6 Å². The average molecular weight is 537 g/mol. The van der Waals surface area contributed by atoms with Crippen molar-refractivity contribution in [1.29, 1.82) is 0 Å². The van der Waals surface area contributed by atoms with Gasteiger partial charge in [-0.15, -0.1) is 0 Å². The number of nitrogens with zero attached hydrogens (tertiary/aromatic N) is 3. The summed E-state index contributed by atoms with van der Waals surface area (Å²) in [5.41, 5.74) is 3.19. The van der Waals surface area contributed by atoms with Gasteiger partial charge in [-0.1, -0.05) is 76.9 Å². The summed E-state index contributed by atoms with van der Waals surface area (Å²) in [6.45, 7) is 2.25. The van der Waals surface area contributed by atoms with Gasteiger partial charge in [0.05, 0.1) is 22.7 Å². The Balaban J connectivity index is 1.59. The fourth-order valence-electron chi connectivity index (χ4n) is 3.83. The third-order valence-electron chi connectivity index (χ3n) is 5.55. The monoisotopic (exact) mass is 535 g/mol. The molecule has 0 aliphatic carbocycles. The van der Waals surface area contributed by atoms with E-state index in [4.69, 9.17) is 23.2 Å². The van der Waals surface area contributed by atoms with E-state index in [1.807, 2.05) is 37.3 Å². The molecule has 1 fully saturated rings. The first kappa shape index (κ1) is 25.0. The lowest BCUT2D eigenvalue weighted by molar-refractivity contribution is 0.0674. The summed E-state index contributed by atoms with van der Waals surface area (Å²) in [6, 6.07) is 14.8. The van der Waals surface area contributed by atoms with Gasteiger partial charge in [0.15, 0.2) is 20.7 Å². The zero-order valence-corrected chi connectivity index (χ0v) is 21.6. The predicted octanol–water partition coefficient (Wildman–Crippen LogP) is 5.21. The summed E-state index contributed by atoms with van der Waals surface area (Å²) >= 11 is 13.7. The number of thioether (sulfide) groups is 1. The van der Waals surface area contributed by atoms with Crippen molar-refractivity contribution in [3.63, 3.8) is 0 Å². The zero-order chi connectivity index (χ0) is 24.3. The maximum atomic E-state index is 13.6. The highest BCUT2D eigenvalue weighted by Crippen LogP contribution is 2.27. The van der Waals surface area contributed by atoms with E-state index in [9.17, 15) is 13.2 Å². The van der Waals surface area contributed by atoms with Gasteiger partial charge in [0.2, 0.25) is 0 Å². The van der Waals surface area contributed by atoms with Crippen molar-refractivity contribution in [2.24, 2.45) is 0 Å². The largest absolute Gasteiger partial charge is 0.329 e. The number of carbonyl (C=O) groups is 1. The molecule has 1 unspecified atom stereocenters. The molecule has 1 aliphatic rings. The third kappa shape index (κ3) is 6.30. The highest BCUT2D eigenvalue weighted by molar-refractivity contribution is 7.98. The van der Waals surface area contributed by atoms with E-state index in [-0.39, 0.29) is 28.8 Å². The molecule has 1 amide bonds. The summed E-state index contributed by atoms with van der Waals surface area (Å²) in [7, 11) is -3.20. The van der Waals surface area contributed by atoms with Crippen LogP contribution in [0.15, 0.2) is 59.9 Å². The lowest BCUT2D eigenvalue weighted by Crippen LogP contribution is -2.41. The Morgan fingerprint density at radius 3 is 2.59 bits per heavy atom. The zero-order valence-electron chi connectivity index (χ0n) is 18.4. The van der Waals surface area contributed by atoms with Crippen molar-refractivity contribution >= 4 is 50.7 Å². The van der Waals surface area contributed by atoms with Crippen LogP contribution >= 0.6 is 35.0 Å². The minimum Gasteiger partial charge on any atom is -0.329 e. The number of halogens is 2. The van der Waals surface area contributed by atoms with Crippen molar-refractivity contribution in [1.82, 2.24) is 14.9 Å². The Hall–Kier alpha value is -2.13. The van der Waals surface area contributed by atoms with E-state index in [0.29, 0.717) is 22.4 Å². The molecule has 1 atom stereocenters. The van der Waals surface area contributed by atoms with E-state index in [1.165, 1.54) is 18.0 Å². The first-order valence-electron chi connectivity index (χ1n) is 10.7. The van der Waals surface area contributed by atoms with Gasteiger partial charge in [0.25, 0.3) is 5.91 Å². The van der Waals surface area contributed by atoms with E-state index in [1.54, 1.807) is 17.0 Å². The molecule has 178 valence electrons. The number of carbonyl (C=O) groups excluding carboxylic acids is 1. The second-order valence-corrected chi connectivity index (χ2v) is 12.3. The molecule has 6 nitrogen and oxygen atoms in total. The van der Waals surface area contributed by atoms with Crippen LogP contribution in [0.4, 0.5) is 0 Å². The van der Waals surface area contributed by atoms with Crippen LogP contribution in [0.25, 0.3) is 0 Å². The molecule has 1 aliphatic heterocycles. The van der Waals surface area contributed by atoms with Crippen LogP contribution in [0.3, 0.4) is 0 Å². The van der Waals surface area contributed by atoms with Gasteiger partial charge in [-0.3, -0.25) is 4.79 Å². The van der Waals surface area contributed by atoms with Gasteiger partial charge >= 0.3 is 0 Å². The maximum Gasteiger partial charge on any atom is 0.274 e. The molecule has 2 heterocycles. The molecule has 4 rings (SSSR count). The Morgan fingerprint density at radius 1 is 1.15 bits per heavy atom. The lowest BCUT2D eigenvalue weighted by Gasteiger charge is -2.28. The van der Waals surface area contributed by atoms with Gasteiger partial charge < -0.3 is 4.90 Å². The topological polar surface area (TPSA) is 80.2 Å². The summed E-state index contributed by atoms with van der Waals surface area (Å²) < 4.78 is 24.3. The molecule has 34 heavy (non-hydrogen) atoms. The van der Waals surface area contributed by atoms with E-state index >= 15 is 0 Å². The van der Waals surface area contributed by atoms with Crippen LogP contribution < -0.4 is 0 Å². The van der Waals surface area contributed by atoms with Crippen LogP contribution in [0.5, 0.6) is 0 Å². The van der Waals surface area contributed by atoms with Crippen molar-refractivity contribution in [2.45, 2.75) is 36.8 Å². The summed E-state index contributed by atoms with van der Waals surface area (Å²) in [5, 5.41) is 1.14. The molecular formula is C24H23Cl2N3O3S2.